The van der Waals surface area contributed by atoms with Crippen molar-refractivity contribution < 1.29 is 23.5 Å². The van der Waals surface area contributed by atoms with Crippen LogP contribution in [0.15, 0.2) is 52.4 Å². The summed E-state index contributed by atoms with van der Waals surface area (Å²) < 4.78 is 21.2. The van der Waals surface area contributed by atoms with E-state index in [0.29, 0.717) is 23.0 Å². The second-order valence-electron chi connectivity index (χ2n) is 5.52. The molecule has 2 aromatic heterocycles. The van der Waals surface area contributed by atoms with Crippen molar-refractivity contribution in [2.24, 2.45) is 0 Å². The minimum atomic E-state index is -0.504. The third-order valence-corrected chi connectivity index (χ3v) is 4.48. The van der Waals surface area contributed by atoms with Gasteiger partial charge < -0.3 is 18.7 Å². The van der Waals surface area contributed by atoms with Crippen LogP contribution >= 0.6 is 11.3 Å². The number of allylic oxidation sites excluding steroid dienone is 1. The molecule has 2 heterocycles. The van der Waals surface area contributed by atoms with Gasteiger partial charge in [-0.25, -0.2) is 4.79 Å². The van der Waals surface area contributed by atoms with Crippen LogP contribution in [0.25, 0.3) is 16.7 Å². The number of thiophene rings is 1. The van der Waals surface area contributed by atoms with Crippen LogP contribution in [0.2, 0.25) is 0 Å². The lowest BCUT2D eigenvalue weighted by molar-refractivity contribution is -0.147. The van der Waals surface area contributed by atoms with Crippen molar-refractivity contribution in [2.45, 2.75) is 13.5 Å². The van der Waals surface area contributed by atoms with Gasteiger partial charge in [0.05, 0.1) is 12.0 Å². The maximum Gasteiger partial charge on any atom is 0.344 e. The molecule has 0 aliphatic heterocycles. The number of hydrogen-bond acceptors (Lipinski definition) is 7. The van der Waals surface area contributed by atoms with Crippen LogP contribution in [-0.2, 0) is 16.1 Å². The van der Waals surface area contributed by atoms with Crippen LogP contribution in [0.3, 0.4) is 0 Å². The number of aromatic nitrogens is 1. The van der Waals surface area contributed by atoms with Crippen molar-refractivity contribution in [3.05, 3.63) is 59.1 Å². The summed E-state index contributed by atoms with van der Waals surface area (Å²) in [5.41, 5.74) is 1.52. The quantitative estimate of drug-likeness (QED) is 0.529. The number of carbonyl (C=O) groups excluding carboxylic acids is 1. The Morgan fingerprint density at radius 3 is 2.89 bits per heavy atom. The molecular weight excluding hydrogens is 366 g/mol. The highest BCUT2D eigenvalue weighted by Crippen LogP contribution is 2.29. The highest BCUT2D eigenvalue weighted by Gasteiger charge is 2.12. The van der Waals surface area contributed by atoms with Crippen molar-refractivity contribution in [1.82, 2.24) is 5.16 Å². The molecular formula is C20H19NO5S. The van der Waals surface area contributed by atoms with Crippen molar-refractivity contribution in [2.75, 3.05) is 13.7 Å². The first-order chi connectivity index (χ1) is 13.2. The maximum atomic E-state index is 11.9. The minimum Gasteiger partial charge on any atom is -0.493 e. The van der Waals surface area contributed by atoms with Crippen LogP contribution in [0.4, 0.5) is 0 Å². The van der Waals surface area contributed by atoms with Gasteiger partial charge in [-0.2, -0.15) is 0 Å². The molecule has 0 N–H and O–H groups in total. The SMILES string of the molecule is C/C=C/c1ccc(OCC(=O)OCc2cc(-c3cccs3)on2)c(OC)c1. The summed E-state index contributed by atoms with van der Waals surface area (Å²) in [7, 11) is 1.55. The Kier molecular flexibility index (Phi) is 6.27. The van der Waals surface area contributed by atoms with E-state index in [4.69, 9.17) is 18.7 Å². The lowest BCUT2D eigenvalue weighted by Crippen LogP contribution is -2.15. The molecule has 6 nitrogen and oxygen atoms in total. The van der Waals surface area contributed by atoms with Gasteiger partial charge in [0.15, 0.2) is 23.9 Å². The molecule has 0 spiro atoms. The molecule has 3 rings (SSSR count). The number of methoxy groups -OCH3 is 1. The molecule has 140 valence electrons. The average molecular weight is 385 g/mol. The van der Waals surface area contributed by atoms with Gasteiger partial charge >= 0.3 is 5.97 Å². The Morgan fingerprint density at radius 1 is 1.26 bits per heavy atom. The Bertz CT molecular complexity index is 914. The number of hydrogen-bond donors (Lipinski definition) is 0. The zero-order valence-electron chi connectivity index (χ0n) is 15.0. The van der Waals surface area contributed by atoms with Gasteiger partial charge in [0.25, 0.3) is 0 Å². The van der Waals surface area contributed by atoms with E-state index in [2.05, 4.69) is 5.16 Å². The van der Waals surface area contributed by atoms with Crippen LogP contribution in [0, 0.1) is 0 Å². The predicted molar refractivity (Wildman–Crippen MR) is 103 cm³/mol. The summed E-state index contributed by atoms with van der Waals surface area (Å²) in [5.74, 6) is 1.17. The fourth-order valence-corrected chi connectivity index (χ4v) is 3.02. The number of rotatable bonds is 8. The van der Waals surface area contributed by atoms with Gasteiger partial charge in [-0.1, -0.05) is 29.4 Å². The van der Waals surface area contributed by atoms with Gasteiger partial charge in [-0.3, -0.25) is 0 Å². The summed E-state index contributed by atoms with van der Waals surface area (Å²) in [6.07, 6.45) is 3.88. The number of ether oxygens (including phenoxy) is 3. The van der Waals surface area contributed by atoms with E-state index in [9.17, 15) is 4.79 Å². The third kappa shape index (κ3) is 4.98. The largest absolute Gasteiger partial charge is 0.493 e. The Morgan fingerprint density at radius 2 is 2.15 bits per heavy atom. The van der Waals surface area contributed by atoms with E-state index in [0.717, 1.165) is 10.4 Å². The normalized spacial score (nSPS) is 10.9. The molecule has 0 aliphatic rings. The van der Waals surface area contributed by atoms with E-state index in [1.165, 1.54) is 0 Å². The smallest absolute Gasteiger partial charge is 0.344 e. The second kappa shape index (κ2) is 9.05. The summed E-state index contributed by atoms with van der Waals surface area (Å²) in [6.45, 7) is 1.73. The minimum absolute atomic E-state index is 0.0223. The molecule has 3 aromatic rings. The van der Waals surface area contributed by atoms with E-state index >= 15 is 0 Å². The summed E-state index contributed by atoms with van der Waals surface area (Å²) in [6, 6.07) is 11.1. The molecule has 0 unspecified atom stereocenters. The standard InChI is InChI=1S/C20H19NO5S/c1-3-5-14-7-8-16(17(10-14)23-2)24-13-20(22)25-12-15-11-18(26-21-15)19-6-4-9-27-19/h3-11H,12-13H2,1-2H3/b5-3+. The van der Waals surface area contributed by atoms with Crippen molar-refractivity contribution in [3.8, 4) is 22.1 Å². The van der Waals surface area contributed by atoms with Gasteiger partial charge in [-0.15, -0.1) is 11.3 Å². The molecule has 0 atom stereocenters. The molecule has 0 saturated heterocycles. The molecule has 0 radical (unpaired) electrons. The molecule has 1 aromatic carbocycles. The van der Waals surface area contributed by atoms with E-state index in [1.807, 2.05) is 48.7 Å². The number of esters is 1. The molecule has 7 heteroatoms. The monoisotopic (exact) mass is 385 g/mol. The van der Waals surface area contributed by atoms with Gasteiger partial charge in [0.2, 0.25) is 0 Å². The zero-order chi connectivity index (χ0) is 19.1. The van der Waals surface area contributed by atoms with Gasteiger partial charge in [0.1, 0.15) is 12.3 Å². The number of carbonyl (C=O) groups is 1. The second-order valence-corrected chi connectivity index (χ2v) is 6.47. The topological polar surface area (TPSA) is 70.8 Å². The average Bonchev–Trinajstić information content (AvgIpc) is 3.37. The van der Waals surface area contributed by atoms with Gasteiger partial charge in [-0.05, 0) is 36.1 Å². The Labute approximate surface area is 161 Å². The molecule has 27 heavy (non-hydrogen) atoms. The highest BCUT2D eigenvalue weighted by molar-refractivity contribution is 7.13. The molecule has 0 bridgehead atoms. The van der Waals surface area contributed by atoms with Crippen molar-refractivity contribution in [1.29, 1.82) is 0 Å². The van der Waals surface area contributed by atoms with Crippen molar-refractivity contribution >= 4 is 23.4 Å². The summed E-state index contributed by atoms with van der Waals surface area (Å²) in [4.78, 5) is 12.9. The summed E-state index contributed by atoms with van der Waals surface area (Å²) >= 11 is 1.55. The van der Waals surface area contributed by atoms with Gasteiger partial charge in [0, 0.05) is 6.07 Å². The Balaban J connectivity index is 1.51. The highest BCUT2D eigenvalue weighted by atomic mass is 32.1. The number of benzene rings is 1. The fraction of sp³-hybridized carbons (Fsp3) is 0.200. The van der Waals surface area contributed by atoms with Crippen molar-refractivity contribution in [3.63, 3.8) is 0 Å². The first-order valence-electron chi connectivity index (χ1n) is 8.28. The van der Waals surface area contributed by atoms with Crippen LogP contribution < -0.4 is 9.47 Å². The van der Waals surface area contributed by atoms with Crippen LogP contribution in [0.1, 0.15) is 18.2 Å². The summed E-state index contributed by atoms with van der Waals surface area (Å²) in [5, 5.41) is 5.86. The number of nitrogens with zero attached hydrogens (tertiary/aromatic N) is 1. The lowest BCUT2D eigenvalue weighted by Gasteiger charge is -2.11. The molecule has 0 saturated carbocycles. The molecule has 0 amide bonds. The maximum absolute atomic E-state index is 11.9. The molecule has 0 fully saturated rings. The van der Waals surface area contributed by atoms with Crippen LogP contribution in [-0.4, -0.2) is 24.8 Å². The zero-order valence-corrected chi connectivity index (χ0v) is 15.8. The van der Waals surface area contributed by atoms with Crippen LogP contribution in [0.5, 0.6) is 11.5 Å². The van der Waals surface area contributed by atoms with E-state index in [-0.39, 0.29) is 13.2 Å². The first-order valence-corrected chi connectivity index (χ1v) is 9.16. The van der Waals surface area contributed by atoms with E-state index in [1.54, 1.807) is 30.6 Å². The fourth-order valence-electron chi connectivity index (χ4n) is 2.35. The van der Waals surface area contributed by atoms with E-state index < -0.39 is 5.97 Å². The third-order valence-electron chi connectivity index (χ3n) is 3.60. The molecule has 0 aliphatic carbocycles. The lowest BCUT2D eigenvalue weighted by atomic mass is 10.2. The first kappa shape index (κ1) is 18.7. The predicted octanol–water partition coefficient (Wildman–Crippen LogP) is 4.57. The Hall–Kier alpha value is -3.06.